The molecule has 0 spiro atoms. The summed E-state index contributed by atoms with van der Waals surface area (Å²) in [7, 11) is 0. The van der Waals surface area contributed by atoms with Crippen molar-refractivity contribution in [1.82, 2.24) is 15.0 Å². The van der Waals surface area contributed by atoms with E-state index in [0.717, 1.165) is 0 Å². The molecule has 0 aliphatic rings. The fourth-order valence-electron chi connectivity index (χ4n) is 4.76. The van der Waals surface area contributed by atoms with E-state index in [1.807, 2.05) is 0 Å². The maximum absolute atomic E-state index is 3.64. The minimum Gasteiger partial charge on any atom is -0.354 e. The zero-order valence-electron chi connectivity index (χ0n) is 14.4. The van der Waals surface area contributed by atoms with Gasteiger partial charge in [0.1, 0.15) is 0 Å². The molecule has 7 rings (SSSR count). The third kappa shape index (κ3) is 1.57. The minimum absolute atomic E-state index is 1.18. The van der Waals surface area contributed by atoms with Gasteiger partial charge in [0.05, 0.1) is 0 Å². The SMILES string of the molecule is c1ccc2c(c1)[nH]c1ccc3[nH]c4ccc5[nH]c6ccccc6c5c4c3c12. The molecule has 0 fully saturated rings. The van der Waals surface area contributed by atoms with Crippen molar-refractivity contribution in [2.24, 2.45) is 0 Å². The Bertz CT molecular complexity index is 1550. The van der Waals surface area contributed by atoms with E-state index in [1.54, 1.807) is 0 Å². The summed E-state index contributed by atoms with van der Waals surface area (Å²) < 4.78 is 0. The number of H-pyrrole nitrogens is 3. The molecule has 0 saturated carbocycles. The standard InChI is InChI=1S/C24H15N3/c1-3-7-15-13(5-1)21-17(25-15)9-11-19-23(21)24-20(27-19)12-10-18-22(24)14-6-2-4-8-16(14)26-18/h1-12,25-27H. The molecule has 0 atom stereocenters. The summed E-state index contributed by atoms with van der Waals surface area (Å²) in [5.74, 6) is 0. The minimum atomic E-state index is 1.18. The fraction of sp³-hybridized carbons (Fsp3) is 0. The van der Waals surface area contributed by atoms with Gasteiger partial charge in [0, 0.05) is 65.4 Å². The summed E-state index contributed by atoms with van der Waals surface area (Å²) in [6.45, 7) is 0. The van der Waals surface area contributed by atoms with E-state index >= 15 is 0 Å². The van der Waals surface area contributed by atoms with Gasteiger partial charge in [-0.3, -0.25) is 0 Å². The molecule has 126 valence electrons. The predicted molar refractivity (Wildman–Crippen MR) is 115 cm³/mol. The molecule has 3 heteroatoms. The van der Waals surface area contributed by atoms with Gasteiger partial charge in [-0.05, 0) is 36.4 Å². The molecule has 0 aliphatic carbocycles. The van der Waals surface area contributed by atoms with Crippen LogP contribution in [0.1, 0.15) is 0 Å². The zero-order valence-corrected chi connectivity index (χ0v) is 14.4. The van der Waals surface area contributed by atoms with E-state index < -0.39 is 0 Å². The number of nitrogens with one attached hydrogen (secondary N) is 3. The van der Waals surface area contributed by atoms with Crippen molar-refractivity contribution < 1.29 is 0 Å². The van der Waals surface area contributed by atoms with Gasteiger partial charge in [-0.2, -0.15) is 0 Å². The second kappa shape index (κ2) is 4.51. The molecule has 0 radical (unpaired) electrons. The van der Waals surface area contributed by atoms with Crippen LogP contribution in [0.2, 0.25) is 0 Å². The van der Waals surface area contributed by atoms with E-state index in [4.69, 9.17) is 0 Å². The highest BCUT2D eigenvalue weighted by atomic mass is 14.7. The van der Waals surface area contributed by atoms with Gasteiger partial charge in [0.25, 0.3) is 0 Å². The highest BCUT2D eigenvalue weighted by Crippen LogP contribution is 2.41. The van der Waals surface area contributed by atoms with Crippen LogP contribution in [0.4, 0.5) is 0 Å². The predicted octanol–water partition coefficient (Wildman–Crippen LogP) is 6.59. The van der Waals surface area contributed by atoms with Crippen molar-refractivity contribution in [3.63, 3.8) is 0 Å². The Morgan fingerprint density at radius 2 is 0.704 bits per heavy atom. The lowest BCUT2D eigenvalue weighted by Gasteiger charge is -1.99. The van der Waals surface area contributed by atoms with Crippen molar-refractivity contribution in [2.45, 2.75) is 0 Å². The Hall–Kier alpha value is -3.72. The van der Waals surface area contributed by atoms with Gasteiger partial charge < -0.3 is 15.0 Å². The molecule has 0 amide bonds. The summed E-state index contributed by atoms with van der Waals surface area (Å²) in [5, 5.41) is 7.75. The number of aromatic amines is 3. The number of para-hydroxylation sites is 2. The van der Waals surface area contributed by atoms with E-state index in [-0.39, 0.29) is 0 Å². The zero-order chi connectivity index (χ0) is 17.5. The number of hydrogen-bond acceptors (Lipinski definition) is 0. The smallest absolute Gasteiger partial charge is 0.0472 e. The van der Waals surface area contributed by atoms with Crippen LogP contribution in [-0.4, -0.2) is 15.0 Å². The van der Waals surface area contributed by atoms with E-state index in [9.17, 15) is 0 Å². The number of rotatable bonds is 0. The molecular formula is C24H15N3. The first-order valence-electron chi connectivity index (χ1n) is 9.23. The van der Waals surface area contributed by atoms with Gasteiger partial charge in [0.15, 0.2) is 0 Å². The molecular weight excluding hydrogens is 330 g/mol. The summed E-state index contributed by atoms with van der Waals surface area (Å²) in [4.78, 5) is 10.8. The number of benzene rings is 4. The van der Waals surface area contributed by atoms with Gasteiger partial charge in [0.2, 0.25) is 0 Å². The van der Waals surface area contributed by atoms with Crippen LogP contribution in [0.15, 0.2) is 72.8 Å². The Balaban J connectivity index is 1.87. The maximum atomic E-state index is 3.64. The van der Waals surface area contributed by atoms with Crippen molar-refractivity contribution in [3.8, 4) is 0 Å². The number of aromatic nitrogens is 3. The molecule has 0 unspecified atom stereocenters. The Morgan fingerprint density at radius 1 is 0.333 bits per heavy atom. The second-order valence-corrected chi connectivity index (χ2v) is 7.29. The average Bonchev–Trinajstić information content (AvgIpc) is 3.37. The average molecular weight is 345 g/mol. The molecule has 0 bridgehead atoms. The molecule has 0 aliphatic heterocycles. The molecule has 27 heavy (non-hydrogen) atoms. The van der Waals surface area contributed by atoms with Gasteiger partial charge >= 0.3 is 0 Å². The molecule has 4 aromatic carbocycles. The van der Waals surface area contributed by atoms with Crippen LogP contribution in [0.3, 0.4) is 0 Å². The van der Waals surface area contributed by atoms with Crippen molar-refractivity contribution in [3.05, 3.63) is 72.8 Å². The first kappa shape index (κ1) is 13.5. The third-order valence-electron chi connectivity index (χ3n) is 5.86. The first-order chi connectivity index (χ1) is 13.4. The highest BCUT2D eigenvalue weighted by Gasteiger charge is 2.16. The Morgan fingerprint density at radius 3 is 1.19 bits per heavy atom. The summed E-state index contributed by atoms with van der Waals surface area (Å²) in [6.07, 6.45) is 0. The second-order valence-electron chi connectivity index (χ2n) is 7.29. The van der Waals surface area contributed by atoms with Crippen LogP contribution in [0.5, 0.6) is 0 Å². The number of fused-ring (bicyclic) bond motifs is 11. The molecule has 7 aromatic rings. The normalized spacial score (nSPS) is 12.4. The molecule has 3 N–H and O–H groups in total. The van der Waals surface area contributed by atoms with E-state index in [2.05, 4.69) is 87.7 Å². The Labute approximate surface area is 153 Å². The lowest BCUT2D eigenvalue weighted by molar-refractivity contribution is 1.52. The van der Waals surface area contributed by atoms with Crippen LogP contribution in [0.25, 0.3) is 65.4 Å². The first-order valence-corrected chi connectivity index (χ1v) is 9.23. The summed E-state index contributed by atoms with van der Waals surface area (Å²) in [5.41, 5.74) is 7.09. The topological polar surface area (TPSA) is 47.4 Å². The lowest BCUT2D eigenvalue weighted by atomic mass is 10.0. The lowest BCUT2D eigenvalue weighted by Crippen LogP contribution is -1.73. The van der Waals surface area contributed by atoms with Gasteiger partial charge in [-0.25, -0.2) is 0 Å². The number of hydrogen-bond donors (Lipinski definition) is 3. The molecule has 3 nitrogen and oxygen atoms in total. The summed E-state index contributed by atoms with van der Waals surface area (Å²) >= 11 is 0. The van der Waals surface area contributed by atoms with Crippen LogP contribution < -0.4 is 0 Å². The summed E-state index contributed by atoms with van der Waals surface area (Å²) in [6, 6.07) is 25.9. The monoisotopic (exact) mass is 345 g/mol. The van der Waals surface area contributed by atoms with Crippen LogP contribution >= 0.6 is 0 Å². The Kier molecular flexibility index (Phi) is 2.25. The molecule has 3 heterocycles. The quantitative estimate of drug-likeness (QED) is 0.278. The van der Waals surface area contributed by atoms with Crippen LogP contribution in [0, 0.1) is 0 Å². The fourth-order valence-corrected chi connectivity index (χ4v) is 4.76. The van der Waals surface area contributed by atoms with Gasteiger partial charge in [-0.15, -0.1) is 0 Å². The van der Waals surface area contributed by atoms with Crippen LogP contribution in [-0.2, 0) is 0 Å². The van der Waals surface area contributed by atoms with Crippen molar-refractivity contribution in [1.29, 1.82) is 0 Å². The van der Waals surface area contributed by atoms with Gasteiger partial charge in [-0.1, -0.05) is 36.4 Å². The highest BCUT2D eigenvalue weighted by molar-refractivity contribution is 6.35. The molecule has 0 saturated heterocycles. The third-order valence-corrected chi connectivity index (χ3v) is 5.86. The van der Waals surface area contributed by atoms with E-state index in [1.165, 1.54) is 65.4 Å². The molecule has 3 aromatic heterocycles. The van der Waals surface area contributed by atoms with Crippen molar-refractivity contribution >= 4 is 65.4 Å². The largest absolute Gasteiger partial charge is 0.354 e. The van der Waals surface area contributed by atoms with E-state index in [0.29, 0.717) is 0 Å². The van der Waals surface area contributed by atoms with Crippen molar-refractivity contribution in [2.75, 3.05) is 0 Å². The maximum Gasteiger partial charge on any atom is 0.0472 e.